The average Bonchev–Trinajstić information content (AvgIpc) is 2.27. The SMILES string of the molecule is C=CCCCCCC(CC(C)COC)NN. The van der Waals surface area contributed by atoms with Crippen molar-refractivity contribution >= 4 is 0 Å². The molecule has 2 unspecified atom stereocenters. The number of hydrogen-bond donors (Lipinski definition) is 2. The van der Waals surface area contributed by atoms with Gasteiger partial charge in [-0.3, -0.25) is 11.3 Å². The molecule has 0 aromatic heterocycles. The number of allylic oxidation sites excluding steroid dienone is 1. The third-order valence-corrected chi connectivity index (χ3v) is 2.83. The van der Waals surface area contributed by atoms with Crippen LogP contribution in [0.25, 0.3) is 0 Å². The van der Waals surface area contributed by atoms with Crippen molar-refractivity contribution in [1.29, 1.82) is 0 Å². The maximum absolute atomic E-state index is 5.55. The molecular weight excluding hydrogens is 200 g/mol. The van der Waals surface area contributed by atoms with Gasteiger partial charge in [0.2, 0.25) is 0 Å². The van der Waals surface area contributed by atoms with Gasteiger partial charge in [-0.05, 0) is 31.6 Å². The minimum atomic E-state index is 0.425. The van der Waals surface area contributed by atoms with Gasteiger partial charge >= 0.3 is 0 Å². The van der Waals surface area contributed by atoms with E-state index < -0.39 is 0 Å². The third-order valence-electron chi connectivity index (χ3n) is 2.83. The van der Waals surface area contributed by atoms with Crippen LogP contribution >= 0.6 is 0 Å². The molecule has 16 heavy (non-hydrogen) atoms. The monoisotopic (exact) mass is 228 g/mol. The van der Waals surface area contributed by atoms with Crippen molar-refractivity contribution in [1.82, 2.24) is 5.43 Å². The Labute approximate surface area is 100 Å². The lowest BCUT2D eigenvalue weighted by molar-refractivity contribution is 0.148. The number of hydrogen-bond acceptors (Lipinski definition) is 3. The lowest BCUT2D eigenvalue weighted by Crippen LogP contribution is -2.36. The Morgan fingerprint density at radius 2 is 2.12 bits per heavy atom. The molecule has 0 saturated carbocycles. The summed E-state index contributed by atoms with van der Waals surface area (Å²) in [5.41, 5.74) is 2.91. The van der Waals surface area contributed by atoms with Gasteiger partial charge in [-0.25, -0.2) is 0 Å². The van der Waals surface area contributed by atoms with Crippen molar-refractivity contribution in [3.8, 4) is 0 Å². The quantitative estimate of drug-likeness (QED) is 0.247. The minimum Gasteiger partial charge on any atom is -0.384 e. The number of nitrogens with one attached hydrogen (secondary N) is 1. The molecule has 2 atom stereocenters. The molecule has 96 valence electrons. The molecule has 0 aliphatic carbocycles. The highest BCUT2D eigenvalue weighted by atomic mass is 16.5. The van der Waals surface area contributed by atoms with Gasteiger partial charge in [-0.15, -0.1) is 6.58 Å². The minimum absolute atomic E-state index is 0.425. The summed E-state index contributed by atoms with van der Waals surface area (Å²) >= 11 is 0. The fraction of sp³-hybridized carbons (Fsp3) is 0.846. The van der Waals surface area contributed by atoms with Gasteiger partial charge in [-0.2, -0.15) is 0 Å². The lowest BCUT2D eigenvalue weighted by atomic mass is 9.98. The van der Waals surface area contributed by atoms with E-state index in [9.17, 15) is 0 Å². The first-order chi connectivity index (χ1) is 7.74. The van der Waals surface area contributed by atoms with E-state index in [1.807, 2.05) is 6.08 Å². The average molecular weight is 228 g/mol. The van der Waals surface area contributed by atoms with Crippen LogP contribution < -0.4 is 11.3 Å². The van der Waals surface area contributed by atoms with E-state index >= 15 is 0 Å². The second-order valence-electron chi connectivity index (χ2n) is 4.59. The fourth-order valence-electron chi connectivity index (χ4n) is 1.96. The van der Waals surface area contributed by atoms with E-state index in [1.54, 1.807) is 7.11 Å². The molecule has 0 rings (SSSR count). The van der Waals surface area contributed by atoms with Crippen LogP contribution in [0.5, 0.6) is 0 Å². The van der Waals surface area contributed by atoms with E-state index in [4.69, 9.17) is 10.6 Å². The molecule has 0 spiro atoms. The fourth-order valence-corrected chi connectivity index (χ4v) is 1.96. The van der Waals surface area contributed by atoms with E-state index in [2.05, 4.69) is 18.9 Å². The van der Waals surface area contributed by atoms with Gasteiger partial charge in [-0.1, -0.05) is 25.8 Å². The van der Waals surface area contributed by atoms with Gasteiger partial charge in [0, 0.05) is 19.8 Å². The molecule has 0 aromatic carbocycles. The molecule has 0 heterocycles. The summed E-state index contributed by atoms with van der Waals surface area (Å²) in [6.07, 6.45) is 9.10. The molecule has 0 fully saturated rings. The van der Waals surface area contributed by atoms with E-state index in [1.165, 1.54) is 19.3 Å². The van der Waals surface area contributed by atoms with Crippen molar-refractivity contribution in [3.63, 3.8) is 0 Å². The summed E-state index contributed by atoms with van der Waals surface area (Å²) in [5.74, 6) is 6.12. The Kier molecular flexibility index (Phi) is 10.9. The highest BCUT2D eigenvalue weighted by Gasteiger charge is 2.11. The van der Waals surface area contributed by atoms with Gasteiger partial charge in [0.25, 0.3) is 0 Å². The standard InChI is InChI=1S/C13H28N2O/c1-4-5-6-7-8-9-13(15-14)10-12(2)11-16-3/h4,12-13,15H,1,5-11,14H2,2-3H3. The van der Waals surface area contributed by atoms with E-state index in [0.717, 1.165) is 25.9 Å². The highest BCUT2D eigenvalue weighted by molar-refractivity contribution is 4.69. The summed E-state index contributed by atoms with van der Waals surface area (Å²) in [7, 11) is 1.75. The van der Waals surface area contributed by atoms with Crippen molar-refractivity contribution in [3.05, 3.63) is 12.7 Å². The largest absolute Gasteiger partial charge is 0.384 e. The van der Waals surface area contributed by atoms with Gasteiger partial charge in [0.15, 0.2) is 0 Å². The topological polar surface area (TPSA) is 47.3 Å². The third kappa shape index (κ3) is 8.89. The first-order valence-corrected chi connectivity index (χ1v) is 6.30. The maximum Gasteiger partial charge on any atom is 0.0488 e. The maximum atomic E-state index is 5.55. The molecule has 0 amide bonds. The zero-order chi connectivity index (χ0) is 12.2. The van der Waals surface area contributed by atoms with Crippen LogP contribution in [0.4, 0.5) is 0 Å². The Hall–Kier alpha value is -0.380. The molecule has 0 saturated heterocycles. The zero-order valence-corrected chi connectivity index (χ0v) is 10.9. The molecule has 0 aromatic rings. The summed E-state index contributed by atoms with van der Waals surface area (Å²) in [6, 6.07) is 0.425. The molecule has 3 nitrogen and oxygen atoms in total. The van der Waals surface area contributed by atoms with Gasteiger partial charge in [0.1, 0.15) is 0 Å². The van der Waals surface area contributed by atoms with Crippen LogP contribution in [-0.2, 0) is 4.74 Å². The second-order valence-corrected chi connectivity index (χ2v) is 4.59. The Morgan fingerprint density at radius 1 is 1.38 bits per heavy atom. The highest BCUT2D eigenvalue weighted by Crippen LogP contribution is 2.12. The Bertz CT molecular complexity index is 162. The van der Waals surface area contributed by atoms with Crippen LogP contribution in [-0.4, -0.2) is 19.8 Å². The predicted molar refractivity (Wildman–Crippen MR) is 70.1 cm³/mol. The van der Waals surface area contributed by atoms with Crippen LogP contribution in [0.2, 0.25) is 0 Å². The van der Waals surface area contributed by atoms with Crippen LogP contribution in [0.3, 0.4) is 0 Å². The summed E-state index contributed by atoms with van der Waals surface area (Å²) in [5, 5.41) is 0. The summed E-state index contributed by atoms with van der Waals surface area (Å²) in [4.78, 5) is 0. The molecule has 0 aliphatic heterocycles. The summed E-state index contributed by atoms with van der Waals surface area (Å²) in [6.45, 7) is 6.74. The van der Waals surface area contributed by atoms with Crippen LogP contribution in [0.15, 0.2) is 12.7 Å². The van der Waals surface area contributed by atoms with Crippen molar-refractivity contribution in [2.75, 3.05) is 13.7 Å². The number of hydrazine groups is 1. The van der Waals surface area contributed by atoms with Gasteiger partial charge in [0.05, 0.1) is 0 Å². The van der Waals surface area contributed by atoms with E-state index in [0.29, 0.717) is 12.0 Å². The lowest BCUT2D eigenvalue weighted by Gasteiger charge is -2.19. The molecule has 0 aliphatic rings. The first-order valence-electron chi connectivity index (χ1n) is 6.30. The molecular formula is C13H28N2O. The van der Waals surface area contributed by atoms with Crippen molar-refractivity contribution < 1.29 is 4.74 Å². The number of unbranched alkanes of at least 4 members (excludes halogenated alkanes) is 3. The molecule has 0 bridgehead atoms. The molecule has 3 heteroatoms. The van der Waals surface area contributed by atoms with E-state index in [-0.39, 0.29) is 0 Å². The predicted octanol–water partition coefficient (Wildman–Crippen LogP) is 2.63. The molecule has 0 radical (unpaired) electrons. The van der Waals surface area contributed by atoms with Gasteiger partial charge < -0.3 is 4.74 Å². The number of methoxy groups -OCH3 is 1. The van der Waals surface area contributed by atoms with Crippen LogP contribution in [0.1, 0.15) is 45.4 Å². The second kappa shape index (κ2) is 11.1. The normalized spacial score (nSPS) is 14.7. The molecule has 3 N–H and O–H groups in total. The number of ether oxygens (including phenoxy) is 1. The smallest absolute Gasteiger partial charge is 0.0488 e. The first kappa shape index (κ1) is 15.6. The Balaban J connectivity index is 3.53. The Morgan fingerprint density at radius 3 is 2.69 bits per heavy atom. The summed E-state index contributed by atoms with van der Waals surface area (Å²) < 4.78 is 5.13. The number of nitrogens with two attached hydrogens (primary N) is 1. The van der Waals surface area contributed by atoms with Crippen molar-refractivity contribution in [2.24, 2.45) is 11.8 Å². The van der Waals surface area contributed by atoms with Crippen molar-refractivity contribution in [2.45, 2.75) is 51.5 Å². The van der Waals surface area contributed by atoms with Crippen LogP contribution in [0, 0.1) is 5.92 Å². The zero-order valence-electron chi connectivity index (χ0n) is 10.9. The number of rotatable bonds is 11.